The number of carbonyl (C=O) groups is 1. The van der Waals surface area contributed by atoms with Crippen molar-refractivity contribution in [2.75, 3.05) is 40.3 Å². The van der Waals surface area contributed by atoms with E-state index in [9.17, 15) is 9.00 Å². The summed E-state index contributed by atoms with van der Waals surface area (Å²) >= 11 is 0. The van der Waals surface area contributed by atoms with Gasteiger partial charge in [0.2, 0.25) is 5.91 Å². The zero-order chi connectivity index (χ0) is 24.2. The summed E-state index contributed by atoms with van der Waals surface area (Å²) in [6, 6.07) is 16.1. The monoisotopic (exact) mass is 483 g/mol. The van der Waals surface area contributed by atoms with Crippen LogP contribution in [0.15, 0.2) is 53.4 Å². The molecule has 184 valence electrons. The van der Waals surface area contributed by atoms with Gasteiger partial charge >= 0.3 is 0 Å². The first-order valence-corrected chi connectivity index (χ1v) is 13.4. The number of likely N-dealkylation sites (tertiary alicyclic amines) is 1. The summed E-state index contributed by atoms with van der Waals surface area (Å²) in [5.74, 6) is 0.513. The molecule has 0 radical (unpaired) electrons. The number of likely N-dealkylation sites (N-methyl/N-ethyl adjacent to an activating group) is 1. The third-order valence-corrected chi connectivity index (χ3v) is 8.74. The molecule has 7 heteroatoms. The van der Waals surface area contributed by atoms with Crippen LogP contribution in [0.2, 0.25) is 0 Å². The molecule has 2 aliphatic rings. The van der Waals surface area contributed by atoms with Gasteiger partial charge in [-0.1, -0.05) is 30.3 Å². The van der Waals surface area contributed by atoms with E-state index in [1.165, 1.54) is 12.8 Å². The highest BCUT2D eigenvalue weighted by atomic mass is 32.2. The number of benzene rings is 2. The lowest BCUT2D eigenvalue weighted by molar-refractivity contribution is -0.134. The summed E-state index contributed by atoms with van der Waals surface area (Å²) in [6.07, 6.45) is 3.06. The van der Waals surface area contributed by atoms with Crippen molar-refractivity contribution in [2.45, 2.75) is 56.0 Å². The molecule has 2 aromatic carbocycles. The SMILES string of the molecule is CC(C)N(C)S(=O)c1ccc2c(c1)C(C(=O)N(C)C(CN1CCCC1)c1ccccc1)CCO2. The van der Waals surface area contributed by atoms with Gasteiger partial charge < -0.3 is 14.5 Å². The molecule has 0 saturated carbocycles. The number of hydrogen-bond donors (Lipinski definition) is 0. The van der Waals surface area contributed by atoms with Crippen LogP contribution in [-0.4, -0.2) is 70.6 Å². The minimum absolute atomic E-state index is 0.0116. The zero-order valence-corrected chi connectivity index (χ0v) is 21.6. The van der Waals surface area contributed by atoms with Gasteiger partial charge in [-0.15, -0.1) is 0 Å². The molecule has 1 saturated heterocycles. The lowest BCUT2D eigenvalue weighted by Crippen LogP contribution is -2.41. The van der Waals surface area contributed by atoms with Gasteiger partial charge in [0.25, 0.3) is 0 Å². The number of fused-ring (bicyclic) bond motifs is 1. The van der Waals surface area contributed by atoms with Crippen LogP contribution >= 0.6 is 0 Å². The average molecular weight is 484 g/mol. The first-order valence-electron chi connectivity index (χ1n) is 12.3. The highest BCUT2D eigenvalue weighted by molar-refractivity contribution is 7.82. The summed E-state index contributed by atoms with van der Waals surface area (Å²) in [6.45, 7) is 7.56. The summed E-state index contributed by atoms with van der Waals surface area (Å²) < 4.78 is 20.8. The highest BCUT2D eigenvalue weighted by Crippen LogP contribution is 2.38. The minimum atomic E-state index is -1.29. The second-order valence-corrected chi connectivity index (χ2v) is 11.2. The van der Waals surface area contributed by atoms with Crippen molar-refractivity contribution in [3.8, 4) is 5.75 Å². The maximum atomic E-state index is 13.9. The molecule has 3 atom stereocenters. The Morgan fingerprint density at radius 3 is 2.50 bits per heavy atom. The molecular formula is C27H37N3O3S. The van der Waals surface area contributed by atoms with Crippen LogP contribution in [0.25, 0.3) is 0 Å². The lowest BCUT2D eigenvalue weighted by atomic mass is 9.91. The van der Waals surface area contributed by atoms with Gasteiger partial charge in [-0.3, -0.25) is 4.79 Å². The first kappa shape index (κ1) is 24.9. The topological polar surface area (TPSA) is 53.1 Å². The van der Waals surface area contributed by atoms with Crippen LogP contribution in [0.5, 0.6) is 5.75 Å². The largest absolute Gasteiger partial charge is 0.493 e. The summed E-state index contributed by atoms with van der Waals surface area (Å²) in [7, 11) is 2.50. The number of ether oxygens (including phenoxy) is 1. The quantitative estimate of drug-likeness (QED) is 0.564. The number of nitrogens with zero attached hydrogens (tertiary/aromatic N) is 3. The maximum absolute atomic E-state index is 13.9. The predicted molar refractivity (Wildman–Crippen MR) is 136 cm³/mol. The lowest BCUT2D eigenvalue weighted by Gasteiger charge is -2.36. The second kappa shape index (κ2) is 11.0. The van der Waals surface area contributed by atoms with Crippen molar-refractivity contribution in [1.29, 1.82) is 0 Å². The highest BCUT2D eigenvalue weighted by Gasteiger charge is 2.34. The van der Waals surface area contributed by atoms with E-state index in [1.807, 2.05) is 73.5 Å². The first-order chi connectivity index (χ1) is 16.4. The predicted octanol–water partition coefficient (Wildman–Crippen LogP) is 4.21. The molecule has 0 spiro atoms. The van der Waals surface area contributed by atoms with E-state index in [4.69, 9.17) is 4.74 Å². The fraction of sp³-hybridized carbons (Fsp3) is 0.519. The Hall–Kier alpha value is -2.22. The molecule has 34 heavy (non-hydrogen) atoms. The van der Waals surface area contributed by atoms with Gasteiger partial charge in [0, 0.05) is 32.2 Å². The molecule has 2 aliphatic heterocycles. The third-order valence-electron chi connectivity index (χ3n) is 7.14. The molecule has 0 aliphatic carbocycles. The molecule has 4 rings (SSSR count). The zero-order valence-electron chi connectivity index (χ0n) is 20.8. The van der Waals surface area contributed by atoms with E-state index >= 15 is 0 Å². The van der Waals surface area contributed by atoms with Gasteiger partial charge in [0.05, 0.1) is 23.5 Å². The van der Waals surface area contributed by atoms with Crippen molar-refractivity contribution in [3.63, 3.8) is 0 Å². The Balaban J connectivity index is 1.61. The second-order valence-electron chi connectivity index (χ2n) is 9.66. The summed E-state index contributed by atoms with van der Waals surface area (Å²) in [4.78, 5) is 19.0. The fourth-order valence-corrected chi connectivity index (χ4v) is 5.96. The molecule has 3 unspecified atom stereocenters. The van der Waals surface area contributed by atoms with E-state index in [-0.39, 0.29) is 23.9 Å². The van der Waals surface area contributed by atoms with Crippen molar-refractivity contribution < 1.29 is 13.7 Å². The molecule has 2 aromatic rings. The molecule has 6 nitrogen and oxygen atoms in total. The maximum Gasteiger partial charge on any atom is 0.230 e. The standard InChI is InChI=1S/C27H37N3O3S/c1-20(2)29(4)34(32)22-12-13-26-24(18-22)23(14-17-33-26)27(31)28(3)25(19-30-15-8-9-16-30)21-10-6-5-7-11-21/h5-7,10-13,18,20,23,25H,8-9,14-17,19H2,1-4H3. The van der Waals surface area contributed by atoms with Gasteiger partial charge in [-0.25, -0.2) is 8.51 Å². The Morgan fingerprint density at radius 1 is 1.12 bits per heavy atom. The van der Waals surface area contributed by atoms with Crippen LogP contribution in [0.1, 0.15) is 56.2 Å². The molecule has 2 heterocycles. The summed E-state index contributed by atoms with van der Waals surface area (Å²) in [5, 5.41) is 0. The van der Waals surface area contributed by atoms with Crippen LogP contribution in [0.4, 0.5) is 0 Å². The van der Waals surface area contributed by atoms with Crippen LogP contribution in [0.3, 0.4) is 0 Å². The minimum Gasteiger partial charge on any atom is -0.493 e. The van der Waals surface area contributed by atoms with Crippen molar-refractivity contribution >= 4 is 16.9 Å². The fourth-order valence-electron chi connectivity index (χ4n) is 4.83. The molecular weight excluding hydrogens is 446 g/mol. The van der Waals surface area contributed by atoms with E-state index < -0.39 is 11.0 Å². The van der Waals surface area contributed by atoms with E-state index in [0.717, 1.165) is 36.5 Å². The Bertz CT molecular complexity index is 1010. The average Bonchev–Trinajstić information content (AvgIpc) is 3.38. The molecule has 0 aromatic heterocycles. The molecule has 0 bridgehead atoms. The number of carbonyl (C=O) groups excluding carboxylic acids is 1. The number of amides is 1. The van der Waals surface area contributed by atoms with Crippen LogP contribution in [0, 0.1) is 0 Å². The van der Waals surface area contributed by atoms with Crippen molar-refractivity contribution in [1.82, 2.24) is 14.1 Å². The Morgan fingerprint density at radius 2 is 1.82 bits per heavy atom. The molecule has 1 amide bonds. The van der Waals surface area contributed by atoms with Gasteiger partial charge in [0.1, 0.15) is 16.7 Å². The third kappa shape index (κ3) is 5.37. The number of rotatable bonds is 8. The summed E-state index contributed by atoms with van der Waals surface area (Å²) in [5.41, 5.74) is 2.00. The van der Waals surface area contributed by atoms with E-state index in [2.05, 4.69) is 17.0 Å². The Labute approximate surface area is 206 Å². The van der Waals surface area contributed by atoms with Crippen LogP contribution < -0.4 is 4.74 Å². The van der Waals surface area contributed by atoms with Gasteiger partial charge in [0.15, 0.2) is 0 Å². The number of hydrogen-bond acceptors (Lipinski definition) is 4. The van der Waals surface area contributed by atoms with Crippen molar-refractivity contribution in [2.24, 2.45) is 0 Å². The van der Waals surface area contributed by atoms with Gasteiger partial charge in [-0.2, -0.15) is 0 Å². The molecule has 1 fully saturated rings. The Kier molecular flexibility index (Phi) is 8.06. The molecule has 0 N–H and O–H groups in total. The van der Waals surface area contributed by atoms with Crippen LogP contribution in [-0.2, 0) is 15.8 Å². The van der Waals surface area contributed by atoms with Gasteiger partial charge in [-0.05, 0) is 70.0 Å². The van der Waals surface area contributed by atoms with Crippen molar-refractivity contribution in [3.05, 3.63) is 59.7 Å². The van der Waals surface area contributed by atoms with E-state index in [1.54, 1.807) is 0 Å². The smallest absolute Gasteiger partial charge is 0.230 e. The normalized spacial score (nSPS) is 20.1. The van der Waals surface area contributed by atoms with E-state index in [0.29, 0.717) is 17.9 Å².